The highest BCUT2D eigenvalue weighted by Crippen LogP contribution is 2.06. The van der Waals surface area contributed by atoms with Crippen LogP contribution < -0.4 is 0 Å². The van der Waals surface area contributed by atoms with Gasteiger partial charge in [-0.2, -0.15) is 0 Å². The molecule has 0 rings (SSSR count). The van der Waals surface area contributed by atoms with Crippen molar-refractivity contribution in [2.24, 2.45) is 0 Å². The third-order valence-electron chi connectivity index (χ3n) is 1.42. The number of ether oxygens (including phenoxy) is 2. The van der Waals surface area contributed by atoms with Crippen LogP contribution in [0.3, 0.4) is 0 Å². The van der Waals surface area contributed by atoms with Gasteiger partial charge in [0.05, 0.1) is 18.8 Å². The Morgan fingerprint density at radius 3 is 2.38 bits per heavy atom. The van der Waals surface area contributed by atoms with Crippen LogP contribution in [0.25, 0.3) is 0 Å². The van der Waals surface area contributed by atoms with E-state index in [1.165, 1.54) is 0 Å². The molecule has 0 aromatic rings. The Morgan fingerprint density at radius 2 is 1.85 bits per heavy atom. The molecule has 0 saturated heterocycles. The summed E-state index contributed by atoms with van der Waals surface area (Å²) >= 11 is 0. The molecule has 13 heavy (non-hydrogen) atoms. The molecule has 0 aliphatic heterocycles. The van der Waals surface area contributed by atoms with Gasteiger partial charge < -0.3 is 14.6 Å². The number of rotatable bonds is 7. The van der Waals surface area contributed by atoms with E-state index < -0.39 is 5.60 Å². The number of terminal acetylenes is 1. The van der Waals surface area contributed by atoms with Gasteiger partial charge in [-0.05, 0) is 20.3 Å². The molecule has 3 nitrogen and oxygen atoms in total. The zero-order valence-corrected chi connectivity index (χ0v) is 8.38. The lowest BCUT2D eigenvalue weighted by molar-refractivity contribution is 0.0113. The first-order chi connectivity index (χ1) is 6.06. The van der Waals surface area contributed by atoms with Crippen molar-refractivity contribution in [1.29, 1.82) is 0 Å². The molecule has 0 atom stereocenters. The smallest absolute Gasteiger partial charge is 0.107 e. The second kappa shape index (κ2) is 6.90. The first-order valence-corrected chi connectivity index (χ1v) is 4.37. The van der Waals surface area contributed by atoms with Crippen LogP contribution in [0, 0.1) is 12.3 Å². The van der Waals surface area contributed by atoms with E-state index in [4.69, 9.17) is 15.9 Å². The van der Waals surface area contributed by atoms with Gasteiger partial charge >= 0.3 is 0 Å². The first kappa shape index (κ1) is 12.4. The molecule has 0 heterocycles. The molecule has 0 saturated carbocycles. The molecule has 0 unspecified atom stereocenters. The minimum atomic E-state index is -0.653. The zero-order valence-electron chi connectivity index (χ0n) is 8.38. The van der Waals surface area contributed by atoms with Crippen molar-refractivity contribution in [3.8, 4) is 12.3 Å². The van der Waals surface area contributed by atoms with Crippen molar-refractivity contribution in [2.75, 3.05) is 26.4 Å². The molecule has 1 N–H and O–H groups in total. The van der Waals surface area contributed by atoms with E-state index in [2.05, 4.69) is 5.92 Å². The van der Waals surface area contributed by atoms with Crippen molar-refractivity contribution in [1.82, 2.24) is 0 Å². The van der Waals surface area contributed by atoms with E-state index >= 15 is 0 Å². The third kappa shape index (κ3) is 11.4. The van der Waals surface area contributed by atoms with E-state index in [9.17, 15) is 5.11 Å². The molecular weight excluding hydrogens is 168 g/mol. The topological polar surface area (TPSA) is 38.7 Å². The van der Waals surface area contributed by atoms with E-state index in [0.717, 1.165) is 0 Å². The van der Waals surface area contributed by atoms with E-state index in [-0.39, 0.29) is 0 Å². The van der Waals surface area contributed by atoms with Crippen LogP contribution in [0.4, 0.5) is 0 Å². The molecule has 0 fully saturated rings. The number of aliphatic hydroxyl groups is 1. The van der Waals surface area contributed by atoms with Crippen molar-refractivity contribution in [3.05, 3.63) is 0 Å². The highest BCUT2D eigenvalue weighted by atomic mass is 16.5. The summed E-state index contributed by atoms with van der Waals surface area (Å²) in [6.45, 7) is 5.42. The van der Waals surface area contributed by atoms with E-state index in [0.29, 0.717) is 32.8 Å². The average Bonchev–Trinajstić information content (AvgIpc) is 2.01. The Balaban J connectivity index is 3.05. The average molecular weight is 186 g/mol. The molecule has 0 aliphatic rings. The van der Waals surface area contributed by atoms with Gasteiger partial charge in [-0.1, -0.05) is 5.92 Å². The summed E-state index contributed by atoms with van der Waals surface area (Å²) in [6.07, 6.45) is 5.60. The molecular formula is C10H18O3. The predicted octanol–water partition coefficient (Wildman–Crippen LogP) is 0.814. The lowest BCUT2D eigenvalue weighted by atomic mass is 10.1. The van der Waals surface area contributed by atoms with Gasteiger partial charge in [-0.15, -0.1) is 6.42 Å². The second-order valence-corrected chi connectivity index (χ2v) is 3.43. The normalized spacial score (nSPS) is 11.2. The Morgan fingerprint density at radius 1 is 1.23 bits per heavy atom. The van der Waals surface area contributed by atoms with Gasteiger partial charge in [0.1, 0.15) is 6.61 Å². The maximum atomic E-state index is 9.32. The maximum absolute atomic E-state index is 9.32. The maximum Gasteiger partial charge on any atom is 0.107 e. The van der Waals surface area contributed by atoms with Crippen molar-refractivity contribution in [2.45, 2.75) is 25.9 Å². The quantitative estimate of drug-likeness (QED) is 0.472. The van der Waals surface area contributed by atoms with Gasteiger partial charge in [0.2, 0.25) is 0 Å². The van der Waals surface area contributed by atoms with Crippen LogP contribution in [0.5, 0.6) is 0 Å². The monoisotopic (exact) mass is 186 g/mol. The Labute approximate surface area is 80.0 Å². The zero-order chi connectivity index (χ0) is 10.2. The summed E-state index contributed by atoms with van der Waals surface area (Å²) in [7, 11) is 0. The Bertz CT molecular complexity index is 153. The molecule has 0 spiro atoms. The number of hydrogen-bond donors (Lipinski definition) is 1. The summed E-state index contributed by atoms with van der Waals surface area (Å²) in [5.74, 6) is 2.37. The highest BCUT2D eigenvalue weighted by molar-refractivity contribution is 4.82. The summed E-state index contributed by atoms with van der Waals surface area (Å²) in [5, 5.41) is 9.32. The predicted molar refractivity (Wildman–Crippen MR) is 51.4 cm³/mol. The van der Waals surface area contributed by atoms with Crippen LogP contribution in [0.2, 0.25) is 0 Å². The first-order valence-electron chi connectivity index (χ1n) is 4.37. The molecule has 0 radical (unpaired) electrons. The van der Waals surface area contributed by atoms with E-state index in [1.807, 2.05) is 0 Å². The fourth-order valence-corrected chi connectivity index (χ4v) is 0.673. The summed E-state index contributed by atoms with van der Waals surface area (Å²) in [5.41, 5.74) is -0.653. The van der Waals surface area contributed by atoms with Crippen molar-refractivity contribution >= 4 is 0 Å². The highest BCUT2D eigenvalue weighted by Gasteiger charge is 2.11. The largest absolute Gasteiger partial charge is 0.390 e. The fourth-order valence-electron chi connectivity index (χ4n) is 0.673. The van der Waals surface area contributed by atoms with Gasteiger partial charge in [-0.3, -0.25) is 0 Å². The summed E-state index contributed by atoms with van der Waals surface area (Å²) in [6, 6.07) is 0. The Kier molecular flexibility index (Phi) is 6.61. The van der Waals surface area contributed by atoms with Gasteiger partial charge in [-0.25, -0.2) is 0 Å². The minimum absolute atomic E-state index is 0.328. The number of hydrogen-bond acceptors (Lipinski definition) is 3. The van der Waals surface area contributed by atoms with Gasteiger partial charge in [0.15, 0.2) is 0 Å². The van der Waals surface area contributed by atoms with Crippen molar-refractivity contribution < 1.29 is 14.6 Å². The fraction of sp³-hybridized carbons (Fsp3) is 0.800. The SMILES string of the molecule is C#CCOCCOCCC(C)(C)O. The van der Waals surface area contributed by atoms with Gasteiger partial charge in [0.25, 0.3) is 0 Å². The molecule has 0 bridgehead atoms. The molecule has 0 aromatic carbocycles. The third-order valence-corrected chi connectivity index (χ3v) is 1.42. The van der Waals surface area contributed by atoms with E-state index in [1.54, 1.807) is 13.8 Å². The lowest BCUT2D eigenvalue weighted by Crippen LogP contribution is -2.21. The molecule has 76 valence electrons. The molecule has 0 amide bonds. The molecule has 0 aromatic heterocycles. The van der Waals surface area contributed by atoms with Gasteiger partial charge in [0, 0.05) is 6.61 Å². The lowest BCUT2D eigenvalue weighted by Gasteiger charge is -2.16. The minimum Gasteiger partial charge on any atom is -0.390 e. The molecule has 0 aliphatic carbocycles. The summed E-state index contributed by atoms with van der Waals surface area (Å²) in [4.78, 5) is 0. The Hall–Kier alpha value is -0.560. The van der Waals surface area contributed by atoms with Crippen LogP contribution in [-0.2, 0) is 9.47 Å². The van der Waals surface area contributed by atoms with Crippen LogP contribution in [0.1, 0.15) is 20.3 Å². The van der Waals surface area contributed by atoms with Crippen LogP contribution in [0.15, 0.2) is 0 Å². The van der Waals surface area contributed by atoms with Crippen LogP contribution in [-0.4, -0.2) is 37.1 Å². The van der Waals surface area contributed by atoms with Crippen LogP contribution >= 0.6 is 0 Å². The standard InChI is InChI=1S/C10H18O3/c1-4-6-12-8-9-13-7-5-10(2,3)11/h1,11H,5-9H2,2-3H3. The molecule has 3 heteroatoms. The second-order valence-electron chi connectivity index (χ2n) is 3.43. The summed E-state index contributed by atoms with van der Waals surface area (Å²) < 4.78 is 10.2. The van der Waals surface area contributed by atoms with Crippen molar-refractivity contribution in [3.63, 3.8) is 0 Å².